The highest BCUT2D eigenvalue weighted by Crippen LogP contribution is 2.25. The van der Waals surface area contributed by atoms with Crippen molar-refractivity contribution in [1.82, 2.24) is 19.9 Å². The van der Waals surface area contributed by atoms with Crippen LogP contribution in [0.2, 0.25) is 0 Å². The van der Waals surface area contributed by atoms with Crippen molar-refractivity contribution in [1.29, 1.82) is 0 Å². The number of carbonyl (C=O) groups is 1. The lowest BCUT2D eigenvalue weighted by molar-refractivity contribution is -0.118. The molecule has 2 aromatic heterocycles. The van der Waals surface area contributed by atoms with Crippen LogP contribution in [0.3, 0.4) is 0 Å². The van der Waals surface area contributed by atoms with Crippen molar-refractivity contribution in [3.63, 3.8) is 0 Å². The quantitative estimate of drug-likeness (QED) is 0.522. The lowest BCUT2D eigenvalue weighted by Crippen LogP contribution is -2.27. The molecule has 27 heavy (non-hydrogen) atoms. The smallest absolute Gasteiger partial charge is 0.230 e. The van der Waals surface area contributed by atoms with Gasteiger partial charge in [-0.25, -0.2) is 0 Å². The minimum Gasteiger partial charge on any atom is -0.355 e. The number of hydrogen-bond donors (Lipinski definition) is 1. The first-order valence-electron chi connectivity index (χ1n) is 8.89. The fourth-order valence-corrected chi connectivity index (χ4v) is 3.92. The molecule has 5 nitrogen and oxygen atoms in total. The number of rotatable bonds is 6. The van der Waals surface area contributed by atoms with Gasteiger partial charge in [0, 0.05) is 11.9 Å². The van der Waals surface area contributed by atoms with E-state index in [0.717, 1.165) is 22.7 Å². The molecule has 1 amide bonds. The van der Waals surface area contributed by atoms with Crippen molar-refractivity contribution in [2.24, 2.45) is 0 Å². The number of nitrogens with one attached hydrogen (secondary N) is 1. The Morgan fingerprint density at radius 3 is 2.70 bits per heavy atom. The summed E-state index contributed by atoms with van der Waals surface area (Å²) in [5.41, 5.74) is 4.25. The van der Waals surface area contributed by atoms with E-state index in [9.17, 15) is 4.79 Å². The van der Waals surface area contributed by atoms with Crippen LogP contribution in [-0.2, 0) is 11.2 Å². The minimum absolute atomic E-state index is 0.00379. The number of nitrogens with zero attached hydrogens (tertiary/aromatic N) is 3. The third kappa shape index (κ3) is 3.80. The molecule has 0 fully saturated rings. The molecule has 0 bridgehead atoms. The Bertz CT molecular complexity index is 1090. The summed E-state index contributed by atoms with van der Waals surface area (Å²) in [5.74, 6) is 0.321. The normalized spacial score (nSPS) is 11.1. The molecule has 0 aliphatic rings. The summed E-state index contributed by atoms with van der Waals surface area (Å²) >= 11 is 1.41. The number of pyridine rings is 1. The van der Waals surface area contributed by atoms with Gasteiger partial charge in [-0.15, -0.1) is 10.2 Å². The highest BCUT2D eigenvalue weighted by atomic mass is 32.2. The van der Waals surface area contributed by atoms with E-state index < -0.39 is 0 Å². The monoisotopic (exact) mass is 376 g/mol. The Hall–Kier alpha value is -2.86. The predicted octanol–water partition coefficient (Wildman–Crippen LogP) is 3.64. The second-order valence-electron chi connectivity index (χ2n) is 6.39. The zero-order chi connectivity index (χ0) is 18.6. The van der Waals surface area contributed by atoms with Crippen LogP contribution in [0.5, 0.6) is 0 Å². The highest BCUT2D eigenvalue weighted by Gasteiger charge is 2.12. The van der Waals surface area contributed by atoms with Gasteiger partial charge in [0.05, 0.1) is 11.3 Å². The topological polar surface area (TPSA) is 59.3 Å². The van der Waals surface area contributed by atoms with Crippen LogP contribution in [0, 0.1) is 6.92 Å². The molecular formula is C21H20N4OS. The van der Waals surface area contributed by atoms with Crippen molar-refractivity contribution in [3.05, 3.63) is 71.8 Å². The molecule has 136 valence electrons. The summed E-state index contributed by atoms with van der Waals surface area (Å²) in [6.45, 7) is 2.70. The number of fused-ring (bicyclic) bond motifs is 3. The van der Waals surface area contributed by atoms with Crippen molar-refractivity contribution >= 4 is 34.2 Å². The van der Waals surface area contributed by atoms with Crippen molar-refractivity contribution in [3.8, 4) is 0 Å². The zero-order valence-corrected chi connectivity index (χ0v) is 15.9. The molecule has 0 saturated carbocycles. The van der Waals surface area contributed by atoms with Crippen LogP contribution >= 0.6 is 11.8 Å². The summed E-state index contributed by atoms with van der Waals surface area (Å²) in [5, 5.41) is 13.4. The summed E-state index contributed by atoms with van der Waals surface area (Å²) in [6.07, 6.45) is 0.828. The Balaban J connectivity index is 1.43. The van der Waals surface area contributed by atoms with Crippen LogP contribution in [0.4, 0.5) is 0 Å². The van der Waals surface area contributed by atoms with Gasteiger partial charge in [-0.1, -0.05) is 60.3 Å². The summed E-state index contributed by atoms with van der Waals surface area (Å²) < 4.78 is 2.02. The molecule has 4 aromatic rings. The molecule has 1 N–H and O–H groups in total. The van der Waals surface area contributed by atoms with E-state index in [1.165, 1.54) is 28.3 Å². The molecule has 0 unspecified atom stereocenters. The van der Waals surface area contributed by atoms with Crippen molar-refractivity contribution < 1.29 is 4.79 Å². The zero-order valence-electron chi connectivity index (χ0n) is 15.1. The van der Waals surface area contributed by atoms with Gasteiger partial charge in [0.2, 0.25) is 5.91 Å². The maximum Gasteiger partial charge on any atom is 0.230 e. The van der Waals surface area contributed by atoms with Gasteiger partial charge in [0.15, 0.2) is 10.8 Å². The SMILES string of the molecule is Cc1cc2nnc(SCC(=O)NCCc3ccccc3)n2c2ccccc12. The molecule has 4 rings (SSSR count). The predicted molar refractivity (Wildman–Crippen MR) is 109 cm³/mol. The third-order valence-electron chi connectivity index (χ3n) is 4.48. The summed E-state index contributed by atoms with van der Waals surface area (Å²) in [7, 11) is 0. The Morgan fingerprint density at radius 1 is 1.07 bits per heavy atom. The first-order valence-corrected chi connectivity index (χ1v) is 9.88. The van der Waals surface area contributed by atoms with Crippen molar-refractivity contribution in [2.75, 3.05) is 12.3 Å². The maximum atomic E-state index is 12.2. The average Bonchev–Trinajstić information content (AvgIpc) is 3.10. The van der Waals surface area contributed by atoms with E-state index in [4.69, 9.17) is 0 Å². The van der Waals surface area contributed by atoms with Gasteiger partial charge in [-0.3, -0.25) is 9.20 Å². The second kappa shape index (κ2) is 7.80. The van der Waals surface area contributed by atoms with E-state index >= 15 is 0 Å². The number of para-hydroxylation sites is 1. The fourth-order valence-electron chi connectivity index (χ4n) is 3.14. The molecule has 2 heterocycles. The average molecular weight is 376 g/mol. The van der Waals surface area contributed by atoms with E-state index in [0.29, 0.717) is 12.3 Å². The Kier molecular flexibility index (Phi) is 5.07. The molecule has 0 aliphatic carbocycles. The molecule has 0 atom stereocenters. The van der Waals surface area contributed by atoms with Gasteiger partial charge < -0.3 is 5.32 Å². The van der Waals surface area contributed by atoms with E-state index in [2.05, 4.69) is 46.7 Å². The number of thioether (sulfide) groups is 1. The number of amides is 1. The highest BCUT2D eigenvalue weighted by molar-refractivity contribution is 7.99. The minimum atomic E-state index is 0.00379. The van der Waals surface area contributed by atoms with Crippen molar-refractivity contribution in [2.45, 2.75) is 18.5 Å². The first-order chi connectivity index (χ1) is 13.2. The molecule has 0 aliphatic heterocycles. The Labute approximate surface area is 161 Å². The lowest BCUT2D eigenvalue weighted by atomic mass is 10.1. The Morgan fingerprint density at radius 2 is 1.85 bits per heavy atom. The molecule has 2 aromatic carbocycles. The van der Waals surface area contributed by atoms with Gasteiger partial charge >= 0.3 is 0 Å². The third-order valence-corrected chi connectivity index (χ3v) is 5.41. The molecule has 0 spiro atoms. The summed E-state index contributed by atoms with van der Waals surface area (Å²) in [6, 6.07) is 20.4. The van der Waals surface area contributed by atoms with E-state index in [1.807, 2.05) is 40.8 Å². The van der Waals surface area contributed by atoms with Crippen LogP contribution < -0.4 is 5.32 Å². The number of hydrogen-bond acceptors (Lipinski definition) is 4. The summed E-state index contributed by atoms with van der Waals surface area (Å²) in [4.78, 5) is 12.2. The molecule has 6 heteroatoms. The van der Waals surface area contributed by atoms with Crippen LogP contribution in [-0.4, -0.2) is 32.8 Å². The van der Waals surface area contributed by atoms with Crippen LogP contribution in [0.15, 0.2) is 65.8 Å². The van der Waals surface area contributed by atoms with Crippen LogP contribution in [0.25, 0.3) is 16.6 Å². The fraction of sp³-hybridized carbons (Fsp3) is 0.190. The van der Waals surface area contributed by atoms with Gasteiger partial charge in [-0.2, -0.15) is 0 Å². The van der Waals surface area contributed by atoms with E-state index in [-0.39, 0.29) is 5.91 Å². The van der Waals surface area contributed by atoms with E-state index in [1.54, 1.807) is 0 Å². The number of benzene rings is 2. The number of aryl methyl sites for hydroxylation is 1. The van der Waals surface area contributed by atoms with Gasteiger partial charge in [0.25, 0.3) is 0 Å². The number of aromatic nitrogens is 3. The van der Waals surface area contributed by atoms with Crippen LogP contribution in [0.1, 0.15) is 11.1 Å². The lowest BCUT2D eigenvalue weighted by Gasteiger charge is -2.07. The second-order valence-corrected chi connectivity index (χ2v) is 7.34. The number of carbonyl (C=O) groups excluding carboxylic acids is 1. The molecule has 0 saturated heterocycles. The molecule has 0 radical (unpaired) electrons. The van der Waals surface area contributed by atoms with Gasteiger partial charge in [-0.05, 0) is 36.6 Å². The standard InChI is InChI=1S/C21H20N4OS/c1-15-13-19-23-24-21(25(19)18-10-6-5-9-17(15)18)27-14-20(26)22-12-11-16-7-3-2-4-8-16/h2-10,13H,11-12,14H2,1H3,(H,22,26). The first kappa shape index (κ1) is 17.5. The molecular weight excluding hydrogens is 356 g/mol. The van der Waals surface area contributed by atoms with Gasteiger partial charge in [0.1, 0.15) is 0 Å². The maximum absolute atomic E-state index is 12.2. The largest absolute Gasteiger partial charge is 0.355 e.